The van der Waals surface area contributed by atoms with Gasteiger partial charge in [0.2, 0.25) is 5.82 Å². The van der Waals surface area contributed by atoms with Crippen LogP contribution in [-0.4, -0.2) is 33.8 Å². The van der Waals surface area contributed by atoms with Crippen molar-refractivity contribution >= 4 is 11.6 Å². The van der Waals surface area contributed by atoms with E-state index in [4.69, 9.17) is 0 Å². The van der Waals surface area contributed by atoms with Crippen molar-refractivity contribution in [2.45, 2.75) is 39.0 Å². The van der Waals surface area contributed by atoms with Gasteiger partial charge in [0.1, 0.15) is 11.6 Å². The Balaban J connectivity index is 2.97. The molecule has 0 saturated carbocycles. The van der Waals surface area contributed by atoms with E-state index in [-0.39, 0.29) is 18.2 Å². The molecule has 20 heavy (non-hydrogen) atoms. The number of nitrogens with one attached hydrogen (secondary N) is 2. The molecule has 114 valence electrons. The highest BCUT2D eigenvalue weighted by atomic mass is 19.4. The van der Waals surface area contributed by atoms with Gasteiger partial charge in [-0.25, -0.2) is 9.97 Å². The van der Waals surface area contributed by atoms with Gasteiger partial charge in [-0.15, -0.1) is 0 Å². The molecule has 0 amide bonds. The molecule has 0 spiro atoms. The highest BCUT2D eigenvalue weighted by Gasteiger charge is 2.35. The zero-order valence-corrected chi connectivity index (χ0v) is 11.7. The van der Waals surface area contributed by atoms with Crippen LogP contribution in [0.4, 0.5) is 24.8 Å². The molecule has 0 unspecified atom stereocenters. The largest absolute Gasteiger partial charge is 0.451 e. The van der Waals surface area contributed by atoms with Crippen LogP contribution in [0.1, 0.15) is 33.0 Å². The molecular formula is C12H19F3N4O. The van der Waals surface area contributed by atoms with Gasteiger partial charge in [-0.1, -0.05) is 6.92 Å². The predicted octanol–water partition coefficient (Wildman–Crippen LogP) is 2.50. The third-order valence-corrected chi connectivity index (χ3v) is 2.24. The first-order valence-corrected chi connectivity index (χ1v) is 6.28. The number of hydrogen-bond donors (Lipinski definition) is 3. The molecule has 0 aromatic carbocycles. The zero-order chi connectivity index (χ0) is 15.4. The summed E-state index contributed by atoms with van der Waals surface area (Å²) in [7, 11) is 0. The van der Waals surface area contributed by atoms with Crippen molar-refractivity contribution in [3.8, 4) is 0 Å². The van der Waals surface area contributed by atoms with E-state index in [1.54, 1.807) is 13.8 Å². The summed E-state index contributed by atoms with van der Waals surface area (Å²) in [5, 5.41) is 15.0. The Morgan fingerprint density at radius 2 is 1.70 bits per heavy atom. The van der Waals surface area contributed by atoms with E-state index in [9.17, 15) is 18.3 Å². The summed E-state index contributed by atoms with van der Waals surface area (Å²) >= 11 is 0. The van der Waals surface area contributed by atoms with E-state index >= 15 is 0 Å². The lowest BCUT2D eigenvalue weighted by atomic mass is 10.1. The minimum Gasteiger partial charge on any atom is -0.389 e. The first kappa shape index (κ1) is 16.5. The summed E-state index contributed by atoms with van der Waals surface area (Å²) in [5.41, 5.74) is -1.06. The maximum absolute atomic E-state index is 12.7. The van der Waals surface area contributed by atoms with Gasteiger partial charge in [-0.3, -0.25) is 0 Å². The first-order chi connectivity index (χ1) is 9.12. The van der Waals surface area contributed by atoms with E-state index in [1.165, 1.54) is 6.07 Å². The van der Waals surface area contributed by atoms with E-state index in [1.807, 2.05) is 6.92 Å². The SMILES string of the molecule is CCCNc1cc(NCC(C)(C)O)nc(C(F)(F)F)n1. The summed E-state index contributed by atoms with van der Waals surface area (Å²) in [6.45, 7) is 5.57. The fourth-order valence-electron chi connectivity index (χ4n) is 1.32. The molecule has 8 heteroatoms. The molecule has 1 heterocycles. The number of alkyl halides is 3. The summed E-state index contributed by atoms with van der Waals surface area (Å²) < 4.78 is 38.1. The van der Waals surface area contributed by atoms with Gasteiger partial charge in [0.25, 0.3) is 0 Å². The van der Waals surface area contributed by atoms with Crippen LogP contribution in [0.5, 0.6) is 0 Å². The second-order valence-corrected chi connectivity index (χ2v) is 5.05. The Labute approximate surface area is 115 Å². The Morgan fingerprint density at radius 1 is 1.15 bits per heavy atom. The number of rotatable bonds is 6. The molecule has 0 saturated heterocycles. The van der Waals surface area contributed by atoms with Gasteiger partial charge in [-0.2, -0.15) is 13.2 Å². The Kier molecular flexibility index (Phi) is 5.15. The molecule has 1 rings (SSSR count). The second kappa shape index (κ2) is 6.25. The van der Waals surface area contributed by atoms with Crippen LogP contribution in [-0.2, 0) is 6.18 Å². The second-order valence-electron chi connectivity index (χ2n) is 5.05. The number of aromatic nitrogens is 2. The molecule has 3 N–H and O–H groups in total. The van der Waals surface area contributed by atoms with Crippen molar-refractivity contribution in [2.75, 3.05) is 23.7 Å². The Morgan fingerprint density at radius 3 is 2.15 bits per heavy atom. The van der Waals surface area contributed by atoms with Crippen LogP contribution in [0.2, 0.25) is 0 Å². The van der Waals surface area contributed by atoms with Crippen molar-refractivity contribution in [2.24, 2.45) is 0 Å². The third kappa shape index (κ3) is 5.60. The Bertz CT molecular complexity index is 443. The van der Waals surface area contributed by atoms with Crippen molar-refractivity contribution in [1.82, 2.24) is 9.97 Å². The average Bonchev–Trinajstić information content (AvgIpc) is 2.32. The molecule has 0 fully saturated rings. The van der Waals surface area contributed by atoms with Crippen LogP contribution in [0, 0.1) is 0 Å². The van der Waals surface area contributed by atoms with E-state index in [0.717, 1.165) is 6.42 Å². The lowest BCUT2D eigenvalue weighted by Crippen LogP contribution is -2.30. The molecule has 1 aromatic heterocycles. The van der Waals surface area contributed by atoms with Crippen LogP contribution in [0.3, 0.4) is 0 Å². The monoisotopic (exact) mass is 292 g/mol. The van der Waals surface area contributed by atoms with Crippen LogP contribution in [0.15, 0.2) is 6.07 Å². The van der Waals surface area contributed by atoms with Gasteiger partial charge in [0, 0.05) is 19.2 Å². The highest BCUT2D eigenvalue weighted by Crippen LogP contribution is 2.28. The topological polar surface area (TPSA) is 70.1 Å². The number of hydrogen-bond acceptors (Lipinski definition) is 5. The van der Waals surface area contributed by atoms with Crippen molar-refractivity contribution in [3.05, 3.63) is 11.9 Å². The average molecular weight is 292 g/mol. The summed E-state index contributed by atoms with van der Waals surface area (Å²) in [6.07, 6.45) is -3.85. The fourth-order valence-corrected chi connectivity index (χ4v) is 1.32. The van der Waals surface area contributed by atoms with Gasteiger partial charge in [-0.05, 0) is 20.3 Å². The molecule has 0 bridgehead atoms. The highest BCUT2D eigenvalue weighted by molar-refractivity contribution is 5.48. The lowest BCUT2D eigenvalue weighted by molar-refractivity contribution is -0.144. The number of aliphatic hydroxyl groups is 1. The fraction of sp³-hybridized carbons (Fsp3) is 0.667. The number of nitrogens with zero attached hydrogens (tertiary/aromatic N) is 2. The smallest absolute Gasteiger partial charge is 0.389 e. The van der Waals surface area contributed by atoms with Gasteiger partial charge >= 0.3 is 6.18 Å². The summed E-state index contributed by atoms with van der Waals surface area (Å²) in [5.74, 6) is -1.09. The summed E-state index contributed by atoms with van der Waals surface area (Å²) in [4.78, 5) is 6.85. The Hall–Kier alpha value is -1.57. The first-order valence-electron chi connectivity index (χ1n) is 6.28. The molecular weight excluding hydrogens is 273 g/mol. The van der Waals surface area contributed by atoms with Gasteiger partial charge in [0.05, 0.1) is 5.60 Å². The normalized spacial score (nSPS) is 12.3. The van der Waals surface area contributed by atoms with Crippen molar-refractivity contribution < 1.29 is 18.3 Å². The lowest BCUT2D eigenvalue weighted by Gasteiger charge is -2.19. The molecule has 0 aliphatic carbocycles. The van der Waals surface area contributed by atoms with Gasteiger partial charge < -0.3 is 15.7 Å². The van der Waals surface area contributed by atoms with Crippen LogP contribution < -0.4 is 10.6 Å². The third-order valence-electron chi connectivity index (χ3n) is 2.24. The molecule has 0 radical (unpaired) electrons. The molecule has 0 aliphatic heterocycles. The van der Waals surface area contributed by atoms with Crippen molar-refractivity contribution in [1.29, 1.82) is 0 Å². The zero-order valence-electron chi connectivity index (χ0n) is 11.7. The predicted molar refractivity (Wildman–Crippen MR) is 70.6 cm³/mol. The van der Waals surface area contributed by atoms with Crippen molar-refractivity contribution in [3.63, 3.8) is 0 Å². The van der Waals surface area contributed by atoms with Crippen LogP contribution >= 0.6 is 0 Å². The van der Waals surface area contributed by atoms with Crippen LogP contribution in [0.25, 0.3) is 0 Å². The molecule has 0 atom stereocenters. The minimum absolute atomic E-state index is 0.0213. The van der Waals surface area contributed by atoms with Gasteiger partial charge in [0.15, 0.2) is 0 Å². The standard InChI is InChI=1S/C12H19F3N4O/c1-4-5-16-8-6-9(17-7-11(2,3)20)19-10(18-8)12(13,14)15/h6,20H,4-5,7H2,1-3H3,(H2,16,17,18,19). The quantitative estimate of drug-likeness (QED) is 0.751. The number of anilines is 2. The van der Waals surface area contributed by atoms with E-state index < -0.39 is 17.6 Å². The maximum atomic E-state index is 12.7. The van der Waals surface area contributed by atoms with E-state index in [0.29, 0.717) is 6.54 Å². The molecule has 0 aliphatic rings. The minimum atomic E-state index is -4.62. The van der Waals surface area contributed by atoms with E-state index in [2.05, 4.69) is 20.6 Å². The number of halogens is 3. The molecule has 1 aromatic rings. The molecule has 5 nitrogen and oxygen atoms in total. The maximum Gasteiger partial charge on any atom is 0.451 e. The summed E-state index contributed by atoms with van der Waals surface area (Å²) in [6, 6.07) is 1.39.